The van der Waals surface area contributed by atoms with Gasteiger partial charge in [-0.05, 0) is 67.2 Å². The summed E-state index contributed by atoms with van der Waals surface area (Å²) in [7, 11) is 1.50. The van der Waals surface area contributed by atoms with Crippen molar-refractivity contribution in [3.05, 3.63) is 59.4 Å². The lowest BCUT2D eigenvalue weighted by Crippen LogP contribution is -2.59. The van der Waals surface area contributed by atoms with Crippen molar-refractivity contribution in [1.29, 1.82) is 0 Å². The molecule has 0 aromatic heterocycles. The van der Waals surface area contributed by atoms with Crippen LogP contribution in [-0.2, 0) is 6.54 Å². The Bertz CT molecular complexity index is 865. The number of nitrogens with zero attached hydrogens (tertiary/aromatic N) is 2. The number of phenolic OH excluding ortho intramolecular Hbond substituents is 1. The van der Waals surface area contributed by atoms with Gasteiger partial charge in [0.1, 0.15) is 5.75 Å². The number of methoxy groups -OCH3 is 1. The summed E-state index contributed by atoms with van der Waals surface area (Å²) in [6.07, 6.45) is 2.50. The molecule has 0 saturated carbocycles. The monoisotopic (exact) mass is 382 g/mol. The Kier molecular flexibility index (Phi) is 4.52. The highest BCUT2D eigenvalue weighted by molar-refractivity contribution is 5.34. The zero-order valence-electron chi connectivity index (χ0n) is 16.2. The van der Waals surface area contributed by atoms with Gasteiger partial charge in [-0.1, -0.05) is 18.2 Å². The minimum absolute atomic E-state index is 0.295. The van der Waals surface area contributed by atoms with Gasteiger partial charge in [0.25, 0.3) is 0 Å². The van der Waals surface area contributed by atoms with Gasteiger partial charge in [-0.2, -0.15) is 0 Å². The first kappa shape index (κ1) is 18.0. The number of likely N-dealkylation sites (tertiary alicyclic amines) is 1. The summed E-state index contributed by atoms with van der Waals surface area (Å²) in [6, 6.07) is 14.0. The SMILES string of the molecule is COc1ccc(CN2C[C@@H](c3cccc(O)c3)[C@@H]3[C@H]2C2CCN3CC2)cc1F. The molecule has 0 radical (unpaired) electrons. The standard InChI is InChI=1S/C23H27FN2O2/c1-28-21-6-5-15(11-20(21)24)13-26-14-19(17-3-2-4-18(27)12-17)23-22(26)16-7-9-25(23)10-8-16/h2-6,11-12,16,19,22-23,27H,7-10,13-14H2,1H3/t19-,22+,23+/m0/s1. The highest BCUT2D eigenvalue weighted by Crippen LogP contribution is 2.47. The van der Waals surface area contributed by atoms with Gasteiger partial charge in [-0.25, -0.2) is 4.39 Å². The number of hydrogen-bond acceptors (Lipinski definition) is 4. The Hall–Kier alpha value is -2.11. The van der Waals surface area contributed by atoms with Crippen LogP contribution in [0.25, 0.3) is 0 Å². The van der Waals surface area contributed by atoms with Crippen molar-refractivity contribution < 1.29 is 14.2 Å². The number of hydrogen-bond donors (Lipinski definition) is 1. The Morgan fingerprint density at radius 1 is 1.11 bits per heavy atom. The van der Waals surface area contributed by atoms with Gasteiger partial charge in [0, 0.05) is 31.1 Å². The molecule has 4 fully saturated rings. The summed E-state index contributed by atoms with van der Waals surface area (Å²) in [5, 5.41) is 10.0. The number of aromatic hydroxyl groups is 1. The third-order valence-electron chi connectivity index (χ3n) is 6.99. The lowest BCUT2D eigenvalue weighted by Gasteiger charge is -2.51. The third-order valence-corrected chi connectivity index (χ3v) is 6.99. The summed E-state index contributed by atoms with van der Waals surface area (Å²) in [5.74, 6) is 1.42. The average Bonchev–Trinajstić information content (AvgIpc) is 3.11. The van der Waals surface area contributed by atoms with E-state index in [-0.39, 0.29) is 5.82 Å². The summed E-state index contributed by atoms with van der Waals surface area (Å²) in [6.45, 7) is 4.04. The molecule has 4 nitrogen and oxygen atoms in total. The molecule has 0 spiro atoms. The number of phenols is 1. The topological polar surface area (TPSA) is 35.9 Å². The summed E-state index contributed by atoms with van der Waals surface area (Å²) in [5.41, 5.74) is 2.20. The van der Waals surface area contributed by atoms with Gasteiger partial charge in [0.05, 0.1) is 7.11 Å². The van der Waals surface area contributed by atoms with Crippen molar-refractivity contribution in [1.82, 2.24) is 9.80 Å². The summed E-state index contributed by atoms with van der Waals surface area (Å²) < 4.78 is 19.3. The van der Waals surface area contributed by atoms with E-state index in [0.717, 1.165) is 18.7 Å². The maximum absolute atomic E-state index is 14.2. The van der Waals surface area contributed by atoms with Crippen LogP contribution in [0.4, 0.5) is 4.39 Å². The molecule has 1 N–H and O–H groups in total. The molecular formula is C23H27FN2O2. The number of fused-ring (bicyclic) bond motifs is 2. The fourth-order valence-corrected chi connectivity index (χ4v) is 5.81. The first-order valence-corrected chi connectivity index (χ1v) is 10.2. The predicted octanol–water partition coefficient (Wildman–Crippen LogP) is 3.60. The summed E-state index contributed by atoms with van der Waals surface area (Å²) >= 11 is 0. The fraction of sp³-hybridized carbons (Fsp3) is 0.478. The van der Waals surface area contributed by atoms with Crippen molar-refractivity contribution in [2.75, 3.05) is 26.7 Å². The van der Waals surface area contributed by atoms with Crippen LogP contribution in [-0.4, -0.2) is 53.7 Å². The van der Waals surface area contributed by atoms with E-state index in [4.69, 9.17) is 4.74 Å². The second-order valence-corrected chi connectivity index (χ2v) is 8.45. The molecule has 6 rings (SSSR count). The number of halogens is 1. The largest absolute Gasteiger partial charge is 0.508 e. The van der Waals surface area contributed by atoms with Crippen molar-refractivity contribution in [3.63, 3.8) is 0 Å². The molecule has 4 heterocycles. The molecule has 4 aliphatic rings. The molecular weight excluding hydrogens is 355 g/mol. The molecule has 2 aromatic carbocycles. The predicted molar refractivity (Wildman–Crippen MR) is 106 cm³/mol. The van der Waals surface area contributed by atoms with Gasteiger partial charge in [0.2, 0.25) is 0 Å². The van der Waals surface area contributed by atoms with E-state index in [0.29, 0.717) is 35.4 Å². The molecule has 28 heavy (non-hydrogen) atoms. The molecule has 0 unspecified atom stereocenters. The average molecular weight is 382 g/mol. The van der Waals surface area contributed by atoms with Crippen LogP contribution in [0.5, 0.6) is 11.5 Å². The van der Waals surface area contributed by atoms with Crippen LogP contribution < -0.4 is 4.74 Å². The molecule has 3 atom stereocenters. The second kappa shape index (κ2) is 7.05. The van der Waals surface area contributed by atoms with E-state index in [2.05, 4.69) is 15.9 Å². The maximum atomic E-state index is 14.2. The van der Waals surface area contributed by atoms with Crippen LogP contribution in [0.15, 0.2) is 42.5 Å². The van der Waals surface area contributed by atoms with Crippen molar-refractivity contribution in [3.8, 4) is 11.5 Å². The van der Waals surface area contributed by atoms with E-state index in [1.807, 2.05) is 18.2 Å². The summed E-state index contributed by atoms with van der Waals surface area (Å²) in [4.78, 5) is 5.20. The third kappa shape index (κ3) is 2.97. The molecule has 0 aliphatic carbocycles. The van der Waals surface area contributed by atoms with Gasteiger partial charge in [-0.15, -0.1) is 0 Å². The number of benzene rings is 2. The fourth-order valence-electron chi connectivity index (χ4n) is 5.81. The normalized spacial score (nSPS) is 31.7. The molecule has 2 aromatic rings. The molecule has 4 saturated heterocycles. The Morgan fingerprint density at radius 3 is 2.64 bits per heavy atom. The van der Waals surface area contributed by atoms with Gasteiger partial charge >= 0.3 is 0 Å². The van der Waals surface area contributed by atoms with Crippen molar-refractivity contribution in [2.45, 2.75) is 37.4 Å². The zero-order valence-corrected chi connectivity index (χ0v) is 16.2. The first-order chi connectivity index (χ1) is 13.6. The Labute approximate surface area is 165 Å². The van der Waals surface area contributed by atoms with E-state index in [1.165, 1.54) is 38.6 Å². The van der Waals surface area contributed by atoms with E-state index < -0.39 is 0 Å². The molecule has 0 amide bonds. The van der Waals surface area contributed by atoms with E-state index >= 15 is 0 Å². The van der Waals surface area contributed by atoms with Gasteiger partial charge < -0.3 is 9.84 Å². The highest BCUT2D eigenvalue weighted by atomic mass is 19.1. The van der Waals surface area contributed by atoms with Gasteiger partial charge in [-0.3, -0.25) is 9.80 Å². The lowest BCUT2D eigenvalue weighted by molar-refractivity contribution is -0.00871. The smallest absolute Gasteiger partial charge is 0.165 e. The molecule has 2 bridgehead atoms. The van der Waals surface area contributed by atoms with Crippen LogP contribution in [0.2, 0.25) is 0 Å². The van der Waals surface area contributed by atoms with Crippen LogP contribution in [0, 0.1) is 11.7 Å². The second-order valence-electron chi connectivity index (χ2n) is 8.45. The van der Waals surface area contributed by atoms with Crippen molar-refractivity contribution in [2.24, 2.45) is 5.92 Å². The highest BCUT2D eigenvalue weighted by Gasteiger charge is 2.53. The number of ether oxygens (including phenoxy) is 1. The number of piperidine rings is 3. The van der Waals surface area contributed by atoms with Crippen LogP contribution >= 0.6 is 0 Å². The molecule has 148 valence electrons. The maximum Gasteiger partial charge on any atom is 0.165 e. The van der Waals surface area contributed by atoms with Crippen LogP contribution in [0.1, 0.15) is 29.9 Å². The van der Waals surface area contributed by atoms with Crippen LogP contribution in [0.3, 0.4) is 0 Å². The van der Waals surface area contributed by atoms with E-state index in [9.17, 15) is 9.50 Å². The minimum Gasteiger partial charge on any atom is -0.508 e. The quantitative estimate of drug-likeness (QED) is 0.877. The number of rotatable bonds is 4. The van der Waals surface area contributed by atoms with Gasteiger partial charge in [0.15, 0.2) is 11.6 Å². The van der Waals surface area contributed by atoms with E-state index in [1.54, 1.807) is 18.2 Å². The minimum atomic E-state index is -0.297. The lowest BCUT2D eigenvalue weighted by atomic mass is 9.75. The Morgan fingerprint density at radius 2 is 1.93 bits per heavy atom. The zero-order chi connectivity index (χ0) is 19.3. The van der Waals surface area contributed by atoms with Crippen molar-refractivity contribution >= 4 is 0 Å². The first-order valence-electron chi connectivity index (χ1n) is 10.2. The Balaban J connectivity index is 1.46. The molecule has 5 heteroatoms. The molecule has 4 aliphatic heterocycles.